The summed E-state index contributed by atoms with van der Waals surface area (Å²) >= 11 is 13.7. The number of nitrogen functional groups attached to an aromatic ring is 1. The molecule has 0 aliphatic rings. The first-order valence-corrected chi connectivity index (χ1v) is 7.33. The lowest BCUT2D eigenvalue weighted by Gasteiger charge is -2.08. The highest BCUT2D eigenvalue weighted by Crippen LogP contribution is 2.40. The molecule has 6 heteroatoms. The molecular weight excluding hydrogens is 315 g/mol. The van der Waals surface area contributed by atoms with Crippen LogP contribution in [0.5, 0.6) is 0 Å². The monoisotopic (exact) mass is 326 g/mol. The Morgan fingerprint density at radius 2 is 1.70 bits per heavy atom. The van der Waals surface area contributed by atoms with Crippen molar-refractivity contribution in [3.8, 4) is 0 Å². The van der Waals surface area contributed by atoms with Crippen molar-refractivity contribution in [1.82, 2.24) is 0 Å². The van der Waals surface area contributed by atoms with Crippen molar-refractivity contribution >= 4 is 52.2 Å². The summed E-state index contributed by atoms with van der Waals surface area (Å²) in [7, 11) is 0. The van der Waals surface area contributed by atoms with Crippen LogP contribution in [0.3, 0.4) is 0 Å². The molecule has 0 saturated carbocycles. The quantitative estimate of drug-likeness (QED) is 0.805. The lowest BCUT2D eigenvalue weighted by Crippen LogP contribution is -2.05. The maximum atomic E-state index is 10.9. The highest BCUT2D eigenvalue weighted by Gasteiger charge is 2.09. The summed E-state index contributed by atoms with van der Waals surface area (Å²) in [4.78, 5) is 12.7. The summed E-state index contributed by atoms with van der Waals surface area (Å²) in [6.45, 7) is 1.47. The van der Waals surface area contributed by atoms with Gasteiger partial charge in [0.2, 0.25) is 5.91 Å². The number of amides is 1. The van der Waals surface area contributed by atoms with E-state index in [4.69, 9.17) is 28.9 Å². The topological polar surface area (TPSA) is 55.1 Å². The number of carbonyl (C=O) groups excluding carboxylic acids is 1. The van der Waals surface area contributed by atoms with Gasteiger partial charge in [0.1, 0.15) is 0 Å². The minimum Gasteiger partial charge on any atom is -0.399 e. The fraction of sp³-hybridized carbons (Fsp3) is 0.0714. The second-order valence-corrected chi connectivity index (χ2v) is 6.02. The number of hydrogen-bond donors (Lipinski definition) is 2. The Morgan fingerprint density at radius 3 is 2.20 bits per heavy atom. The second kappa shape index (κ2) is 6.39. The van der Waals surface area contributed by atoms with E-state index in [0.29, 0.717) is 15.7 Å². The van der Waals surface area contributed by atoms with E-state index in [2.05, 4.69) is 5.32 Å². The van der Waals surface area contributed by atoms with E-state index in [-0.39, 0.29) is 5.91 Å². The zero-order valence-corrected chi connectivity index (χ0v) is 12.9. The third kappa shape index (κ3) is 3.82. The fourth-order valence-corrected chi connectivity index (χ4v) is 3.16. The lowest BCUT2D eigenvalue weighted by atomic mass is 10.3. The zero-order chi connectivity index (χ0) is 14.7. The predicted molar refractivity (Wildman–Crippen MR) is 85.7 cm³/mol. The van der Waals surface area contributed by atoms with Crippen LogP contribution < -0.4 is 11.1 Å². The molecule has 0 aliphatic heterocycles. The molecule has 0 fully saturated rings. The average molecular weight is 327 g/mol. The predicted octanol–water partition coefficient (Wildman–Crippen LogP) is 4.69. The van der Waals surface area contributed by atoms with Crippen LogP contribution in [-0.4, -0.2) is 5.91 Å². The second-order valence-electron chi connectivity index (χ2n) is 4.12. The molecule has 2 aromatic rings. The molecule has 1 amide bonds. The van der Waals surface area contributed by atoms with Gasteiger partial charge in [-0.1, -0.05) is 35.0 Å². The van der Waals surface area contributed by atoms with Crippen molar-refractivity contribution in [2.45, 2.75) is 16.7 Å². The largest absolute Gasteiger partial charge is 0.399 e. The number of rotatable bonds is 3. The van der Waals surface area contributed by atoms with Gasteiger partial charge in [-0.2, -0.15) is 0 Å². The molecule has 0 spiro atoms. The van der Waals surface area contributed by atoms with E-state index in [1.807, 2.05) is 24.3 Å². The van der Waals surface area contributed by atoms with E-state index in [0.717, 1.165) is 15.5 Å². The Labute approximate surface area is 131 Å². The molecule has 3 nitrogen and oxygen atoms in total. The molecule has 0 unspecified atom stereocenters. The Balaban J connectivity index is 2.20. The van der Waals surface area contributed by atoms with Crippen molar-refractivity contribution in [2.75, 3.05) is 11.1 Å². The van der Waals surface area contributed by atoms with Crippen LogP contribution in [-0.2, 0) is 4.79 Å². The van der Waals surface area contributed by atoms with E-state index in [1.54, 1.807) is 12.1 Å². The van der Waals surface area contributed by atoms with Gasteiger partial charge in [0.05, 0.1) is 10.0 Å². The number of halogens is 2. The first-order valence-electron chi connectivity index (χ1n) is 5.76. The van der Waals surface area contributed by atoms with Crippen LogP contribution in [0.1, 0.15) is 6.92 Å². The Kier molecular flexibility index (Phi) is 4.81. The number of anilines is 2. The fourth-order valence-electron chi connectivity index (χ4n) is 1.60. The van der Waals surface area contributed by atoms with E-state index in [9.17, 15) is 4.79 Å². The third-order valence-corrected chi connectivity index (χ3v) is 4.39. The summed E-state index contributed by atoms with van der Waals surface area (Å²) in [5, 5.41) is 3.75. The molecule has 0 bridgehead atoms. The molecule has 3 N–H and O–H groups in total. The number of nitrogens with one attached hydrogen (secondary N) is 1. The molecule has 2 aromatic carbocycles. The molecular formula is C14H12Cl2N2OS. The SMILES string of the molecule is CC(=O)Nc1ccc(Sc2c(Cl)cc(N)cc2Cl)cc1. The lowest BCUT2D eigenvalue weighted by molar-refractivity contribution is -0.114. The van der Waals surface area contributed by atoms with Crippen LogP contribution in [0.25, 0.3) is 0 Å². The molecule has 0 radical (unpaired) electrons. The van der Waals surface area contributed by atoms with Crippen molar-refractivity contribution in [3.05, 3.63) is 46.4 Å². The highest BCUT2D eigenvalue weighted by atomic mass is 35.5. The molecule has 0 aromatic heterocycles. The molecule has 0 aliphatic carbocycles. The van der Waals surface area contributed by atoms with Crippen LogP contribution in [0.2, 0.25) is 10.0 Å². The van der Waals surface area contributed by atoms with Gasteiger partial charge in [-0.25, -0.2) is 0 Å². The molecule has 104 valence electrons. The van der Waals surface area contributed by atoms with Gasteiger partial charge in [-0.15, -0.1) is 0 Å². The zero-order valence-electron chi connectivity index (χ0n) is 10.6. The first-order chi connectivity index (χ1) is 9.45. The number of carbonyl (C=O) groups is 1. The van der Waals surface area contributed by atoms with Gasteiger partial charge in [0, 0.05) is 28.1 Å². The molecule has 2 rings (SSSR count). The van der Waals surface area contributed by atoms with Gasteiger partial charge < -0.3 is 11.1 Å². The Morgan fingerprint density at radius 1 is 1.15 bits per heavy atom. The smallest absolute Gasteiger partial charge is 0.221 e. The van der Waals surface area contributed by atoms with E-state index >= 15 is 0 Å². The summed E-state index contributed by atoms with van der Waals surface area (Å²) in [5.74, 6) is -0.102. The highest BCUT2D eigenvalue weighted by molar-refractivity contribution is 7.99. The van der Waals surface area contributed by atoms with Gasteiger partial charge in [-0.05, 0) is 36.4 Å². The van der Waals surface area contributed by atoms with Crippen molar-refractivity contribution in [2.24, 2.45) is 0 Å². The number of hydrogen-bond acceptors (Lipinski definition) is 3. The van der Waals surface area contributed by atoms with Crippen LogP contribution in [0, 0.1) is 0 Å². The van der Waals surface area contributed by atoms with Gasteiger partial charge in [0.15, 0.2) is 0 Å². The van der Waals surface area contributed by atoms with Crippen molar-refractivity contribution in [3.63, 3.8) is 0 Å². The Bertz CT molecular complexity index is 621. The average Bonchev–Trinajstić information content (AvgIpc) is 2.35. The van der Waals surface area contributed by atoms with Crippen molar-refractivity contribution in [1.29, 1.82) is 0 Å². The minimum atomic E-state index is -0.102. The normalized spacial score (nSPS) is 10.3. The summed E-state index contributed by atoms with van der Waals surface area (Å²) in [6.07, 6.45) is 0. The number of benzene rings is 2. The van der Waals surface area contributed by atoms with Crippen molar-refractivity contribution < 1.29 is 4.79 Å². The molecule has 0 atom stereocenters. The molecule has 0 saturated heterocycles. The number of nitrogens with two attached hydrogens (primary N) is 1. The third-order valence-electron chi connectivity index (χ3n) is 2.42. The van der Waals surface area contributed by atoms with Gasteiger partial charge in [-0.3, -0.25) is 4.79 Å². The van der Waals surface area contributed by atoms with Crippen LogP contribution in [0.15, 0.2) is 46.2 Å². The molecule has 0 heterocycles. The van der Waals surface area contributed by atoms with Crippen LogP contribution >= 0.6 is 35.0 Å². The van der Waals surface area contributed by atoms with Gasteiger partial charge >= 0.3 is 0 Å². The summed E-state index contributed by atoms with van der Waals surface area (Å²) in [6, 6.07) is 10.8. The maximum Gasteiger partial charge on any atom is 0.221 e. The first kappa shape index (κ1) is 15.0. The summed E-state index contributed by atoms with van der Waals surface area (Å²) < 4.78 is 0. The minimum absolute atomic E-state index is 0.102. The molecule has 20 heavy (non-hydrogen) atoms. The van der Waals surface area contributed by atoms with Crippen LogP contribution in [0.4, 0.5) is 11.4 Å². The summed E-state index contributed by atoms with van der Waals surface area (Å²) in [5.41, 5.74) is 6.95. The maximum absolute atomic E-state index is 10.9. The standard InChI is InChI=1S/C14H12Cl2N2OS/c1-8(19)18-10-2-4-11(5-3-10)20-14-12(15)6-9(17)7-13(14)16/h2-7H,17H2,1H3,(H,18,19). The van der Waals surface area contributed by atoms with Gasteiger partial charge in [0.25, 0.3) is 0 Å². The van der Waals surface area contributed by atoms with E-state index in [1.165, 1.54) is 18.7 Å². The Hall–Kier alpha value is -1.36. The van der Waals surface area contributed by atoms with E-state index < -0.39 is 0 Å².